The van der Waals surface area contributed by atoms with Gasteiger partial charge in [-0.25, -0.2) is 0 Å². The van der Waals surface area contributed by atoms with E-state index in [-0.39, 0.29) is 12.4 Å². The topological polar surface area (TPSA) is 49.8 Å². The molecule has 0 aliphatic heterocycles. The van der Waals surface area contributed by atoms with Gasteiger partial charge in [-0.15, -0.1) is 12.4 Å². The molecule has 0 spiro atoms. The van der Waals surface area contributed by atoms with Crippen LogP contribution in [0.1, 0.15) is 25.7 Å². The molecule has 0 bridgehead atoms. The number of halogens is 1. The van der Waals surface area contributed by atoms with Crippen molar-refractivity contribution in [3.05, 3.63) is 73.1 Å². The van der Waals surface area contributed by atoms with Crippen molar-refractivity contribution in [3.8, 4) is 0 Å². The lowest BCUT2D eigenvalue weighted by atomic mass is 10.1. The van der Waals surface area contributed by atoms with E-state index in [9.17, 15) is 0 Å². The molecule has 2 aromatic carbocycles. The molecule has 4 rings (SSSR count). The molecule has 0 aliphatic rings. The number of nitrogens with one attached hydrogen (secondary N) is 2. The van der Waals surface area contributed by atoms with E-state index in [4.69, 9.17) is 0 Å². The van der Waals surface area contributed by atoms with Crippen molar-refractivity contribution >= 4 is 45.6 Å². The second-order valence-corrected chi connectivity index (χ2v) is 7.02. The van der Waals surface area contributed by atoms with Crippen molar-refractivity contribution in [3.63, 3.8) is 0 Å². The first-order valence-electron chi connectivity index (χ1n) is 10.1. The first-order valence-corrected chi connectivity index (χ1v) is 10.1. The number of anilines is 2. The van der Waals surface area contributed by atoms with Crippen LogP contribution in [0.3, 0.4) is 0 Å². The quantitative estimate of drug-likeness (QED) is 0.321. The highest BCUT2D eigenvalue weighted by Gasteiger charge is 2.01. The summed E-state index contributed by atoms with van der Waals surface area (Å²) in [5, 5.41) is 9.51. The van der Waals surface area contributed by atoms with Gasteiger partial charge < -0.3 is 10.6 Å². The zero-order chi connectivity index (χ0) is 19.0. The van der Waals surface area contributed by atoms with Gasteiger partial charge in [-0.2, -0.15) is 0 Å². The molecule has 29 heavy (non-hydrogen) atoms. The Hall–Kier alpha value is -2.85. The normalized spacial score (nSPS) is 10.6. The van der Waals surface area contributed by atoms with Crippen LogP contribution < -0.4 is 10.6 Å². The number of unbranched alkanes of at least 4 members (excludes halogenated alkanes) is 3. The van der Waals surface area contributed by atoms with Crippen LogP contribution in [0.4, 0.5) is 11.4 Å². The van der Waals surface area contributed by atoms with Crippen molar-refractivity contribution in [1.29, 1.82) is 0 Å². The number of aromatic nitrogens is 2. The molecule has 4 nitrogen and oxygen atoms in total. The minimum Gasteiger partial charge on any atom is -0.384 e. The van der Waals surface area contributed by atoms with E-state index < -0.39 is 0 Å². The summed E-state index contributed by atoms with van der Waals surface area (Å²) in [5.41, 5.74) is 4.44. The maximum Gasteiger partial charge on any atom is 0.0722 e. The van der Waals surface area contributed by atoms with Crippen LogP contribution in [0.15, 0.2) is 73.1 Å². The summed E-state index contributed by atoms with van der Waals surface area (Å²) in [7, 11) is 0. The van der Waals surface area contributed by atoms with Gasteiger partial charge >= 0.3 is 0 Å². The minimum atomic E-state index is 0. The van der Waals surface area contributed by atoms with Gasteiger partial charge in [0.15, 0.2) is 0 Å². The van der Waals surface area contributed by atoms with Crippen LogP contribution in [0.25, 0.3) is 21.8 Å². The molecule has 2 heterocycles. The number of nitrogens with zero attached hydrogens (tertiary/aromatic N) is 2. The first kappa shape index (κ1) is 20.9. The molecule has 150 valence electrons. The van der Waals surface area contributed by atoms with Gasteiger partial charge in [0.25, 0.3) is 0 Å². The second kappa shape index (κ2) is 10.6. The monoisotopic (exact) mass is 406 g/mol. The number of benzene rings is 2. The Morgan fingerprint density at radius 2 is 1.00 bits per heavy atom. The van der Waals surface area contributed by atoms with Crippen LogP contribution in [-0.4, -0.2) is 23.1 Å². The van der Waals surface area contributed by atoms with E-state index in [0.717, 1.165) is 24.1 Å². The van der Waals surface area contributed by atoms with E-state index in [2.05, 4.69) is 69.1 Å². The molecule has 0 saturated heterocycles. The van der Waals surface area contributed by atoms with E-state index in [1.807, 2.05) is 24.5 Å². The number of hydrogen-bond acceptors (Lipinski definition) is 4. The number of pyridine rings is 2. The SMILES string of the molecule is Cl.c1ccc2c(NCCCCCCNc3ccnc4ccccc34)ccnc2c1. The first-order chi connectivity index (χ1) is 13.9. The summed E-state index contributed by atoms with van der Waals surface area (Å²) >= 11 is 0. The van der Waals surface area contributed by atoms with E-state index in [0.29, 0.717) is 0 Å². The van der Waals surface area contributed by atoms with E-state index >= 15 is 0 Å². The average molecular weight is 407 g/mol. The predicted octanol–water partition coefficient (Wildman–Crippen LogP) is 6.29. The zero-order valence-corrected chi connectivity index (χ0v) is 17.3. The van der Waals surface area contributed by atoms with Gasteiger partial charge in [-0.1, -0.05) is 49.2 Å². The Morgan fingerprint density at radius 3 is 1.48 bits per heavy atom. The Labute approximate surface area is 178 Å². The van der Waals surface area contributed by atoms with Crippen molar-refractivity contribution < 1.29 is 0 Å². The fraction of sp³-hybridized carbons (Fsp3) is 0.250. The Bertz CT molecular complexity index is 955. The standard InChI is InChI=1S/C24H26N4.ClH/c1(7-15-25-23-13-17-27-21-11-5-3-9-19(21)23)2-8-16-26-24-14-18-28-22-12-6-4-10-20(22)24;/h3-6,9-14,17-18H,1-2,7-8,15-16H2,(H,25,27)(H,26,28);1H. The molecule has 0 aliphatic carbocycles. The summed E-state index contributed by atoms with van der Waals surface area (Å²) in [6.45, 7) is 1.99. The molecule has 2 aromatic heterocycles. The molecule has 0 atom stereocenters. The molecular weight excluding hydrogens is 380 g/mol. The van der Waals surface area contributed by atoms with Gasteiger partial charge in [0.2, 0.25) is 0 Å². The lowest BCUT2D eigenvalue weighted by molar-refractivity contribution is 0.671. The Kier molecular flexibility index (Phi) is 7.65. The summed E-state index contributed by atoms with van der Waals surface area (Å²) < 4.78 is 0. The maximum atomic E-state index is 4.41. The van der Waals surface area contributed by atoms with Crippen LogP contribution >= 0.6 is 12.4 Å². The lowest BCUT2D eigenvalue weighted by Gasteiger charge is -2.10. The summed E-state index contributed by atoms with van der Waals surface area (Å²) in [5.74, 6) is 0. The molecular formula is C24H27ClN4. The Morgan fingerprint density at radius 1 is 0.552 bits per heavy atom. The van der Waals surface area contributed by atoms with Gasteiger partial charge in [-0.3, -0.25) is 9.97 Å². The van der Waals surface area contributed by atoms with Crippen LogP contribution in [0, 0.1) is 0 Å². The maximum absolute atomic E-state index is 4.41. The van der Waals surface area contributed by atoms with Crippen molar-refractivity contribution in [1.82, 2.24) is 9.97 Å². The highest BCUT2D eigenvalue weighted by atomic mass is 35.5. The fourth-order valence-electron chi connectivity index (χ4n) is 3.55. The van der Waals surface area contributed by atoms with Gasteiger partial charge in [0.05, 0.1) is 11.0 Å². The lowest BCUT2D eigenvalue weighted by Crippen LogP contribution is -2.04. The van der Waals surface area contributed by atoms with Crippen molar-refractivity contribution in [2.75, 3.05) is 23.7 Å². The molecule has 0 saturated carbocycles. The molecule has 0 unspecified atom stereocenters. The van der Waals surface area contributed by atoms with Gasteiger partial charge in [-0.05, 0) is 37.1 Å². The van der Waals surface area contributed by atoms with Crippen LogP contribution in [-0.2, 0) is 0 Å². The van der Waals surface area contributed by atoms with Gasteiger partial charge in [0, 0.05) is 47.6 Å². The molecule has 0 amide bonds. The molecule has 2 N–H and O–H groups in total. The predicted molar refractivity (Wildman–Crippen MR) is 126 cm³/mol. The van der Waals surface area contributed by atoms with Crippen molar-refractivity contribution in [2.45, 2.75) is 25.7 Å². The molecule has 4 aromatic rings. The van der Waals surface area contributed by atoms with E-state index in [1.165, 1.54) is 47.8 Å². The highest BCUT2D eigenvalue weighted by Crippen LogP contribution is 2.22. The average Bonchev–Trinajstić information content (AvgIpc) is 2.76. The number of hydrogen-bond donors (Lipinski definition) is 2. The number of para-hydroxylation sites is 2. The third-order valence-electron chi connectivity index (χ3n) is 5.03. The summed E-state index contributed by atoms with van der Waals surface area (Å²) in [6.07, 6.45) is 8.56. The smallest absolute Gasteiger partial charge is 0.0722 e. The number of fused-ring (bicyclic) bond motifs is 2. The molecule has 0 radical (unpaired) electrons. The number of rotatable bonds is 9. The third-order valence-corrected chi connectivity index (χ3v) is 5.03. The summed E-state index contributed by atoms with van der Waals surface area (Å²) in [6, 6.07) is 20.7. The highest BCUT2D eigenvalue weighted by molar-refractivity contribution is 5.91. The second-order valence-electron chi connectivity index (χ2n) is 7.02. The molecule has 0 fully saturated rings. The zero-order valence-electron chi connectivity index (χ0n) is 16.5. The minimum absolute atomic E-state index is 0. The fourth-order valence-corrected chi connectivity index (χ4v) is 3.55. The van der Waals surface area contributed by atoms with E-state index in [1.54, 1.807) is 0 Å². The largest absolute Gasteiger partial charge is 0.384 e. The molecule has 5 heteroatoms. The third kappa shape index (κ3) is 5.36. The van der Waals surface area contributed by atoms with Crippen LogP contribution in [0.5, 0.6) is 0 Å². The summed E-state index contributed by atoms with van der Waals surface area (Å²) in [4.78, 5) is 8.83. The van der Waals surface area contributed by atoms with Crippen molar-refractivity contribution in [2.24, 2.45) is 0 Å². The van der Waals surface area contributed by atoms with Crippen LogP contribution in [0.2, 0.25) is 0 Å². The van der Waals surface area contributed by atoms with Gasteiger partial charge in [0.1, 0.15) is 0 Å². The Balaban J connectivity index is 0.00000240.